The number of carbonyl (C=O) groups is 1. The highest BCUT2D eigenvalue weighted by atomic mass is 16.6. The summed E-state index contributed by atoms with van der Waals surface area (Å²) in [5.74, 6) is -0.945. The van der Waals surface area contributed by atoms with Gasteiger partial charge in [-0.2, -0.15) is 0 Å². The van der Waals surface area contributed by atoms with E-state index in [1.54, 1.807) is 11.9 Å². The third kappa shape index (κ3) is 3.22. The van der Waals surface area contributed by atoms with Gasteiger partial charge in [-0.25, -0.2) is 0 Å². The van der Waals surface area contributed by atoms with Crippen molar-refractivity contribution >= 4 is 23.2 Å². The van der Waals surface area contributed by atoms with E-state index < -0.39 is 16.6 Å². The molecule has 0 aliphatic heterocycles. The zero-order chi connectivity index (χ0) is 15.3. The van der Waals surface area contributed by atoms with Gasteiger partial charge in [0.25, 0.3) is 11.7 Å². The molecular formula is C12H15N4O4. The number of carbonyl (C=O) groups excluding carboxylic acids is 1. The van der Waals surface area contributed by atoms with Gasteiger partial charge in [-0.15, -0.1) is 0 Å². The molecule has 1 aromatic heterocycles. The van der Waals surface area contributed by atoms with E-state index in [2.05, 4.69) is 23.8 Å². The molecule has 20 heavy (non-hydrogen) atoms. The summed E-state index contributed by atoms with van der Waals surface area (Å²) >= 11 is 0. The zero-order valence-electron chi connectivity index (χ0n) is 11.3. The fourth-order valence-corrected chi connectivity index (χ4v) is 1.43. The number of methoxy groups -OCH3 is 1. The van der Waals surface area contributed by atoms with Crippen LogP contribution in [0.5, 0.6) is 5.75 Å². The number of pyridine rings is 1. The van der Waals surface area contributed by atoms with Crippen LogP contribution in [0.3, 0.4) is 0 Å². The lowest BCUT2D eigenvalue weighted by Crippen LogP contribution is -2.20. The molecule has 1 N–H and O–H groups in total. The van der Waals surface area contributed by atoms with Crippen molar-refractivity contribution in [1.29, 1.82) is 0 Å². The SMILES string of the molecule is [CH2]CN(C)c1cc(OC)c([N+](=O)[O-])nc1NC(=O)C=C. The summed E-state index contributed by atoms with van der Waals surface area (Å²) in [7, 11) is 3.01. The van der Waals surface area contributed by atoms with E-state index >= 15 is 0 Å². The molecule has 0 aromatic carbocycles. The minimum atomic E-state index is -0.684. The maximum atomic E-state index is 11.4. The molecule has 0 saturated heterocycles. The zero-order valence-corrected chi connectivity index (χ0v) is 11.3. The van der Waals surface area contributed by atoms with Crippen LogP contribution in [0.2, 0.25) is 0 Å². The lowest BCUT2D eigenvalue weighted by Gasteiger charge is -2.18. The first kappa shape index (κ1) is 15.4. The van der Waals surface area contributed by atoms with E-state index in [-0.39, 0.29) is 11.6 Å². The average molecular weight is 279 g/mol. The third-order valence-electron chi connectivity index (χ3n) is 2.52. The molecule has 1 aromatic rings. The summed E-state index contributed by atoms with van der Waals surface area (Å²) in [5.41, 5.74) is 0.456. The van der Waals surface area contributed by atoms with Crippen molar-refractivity contribution in [3.05, 3.63) is 35.8 Å². The van der Waals surface area contributed by atoms with Crippen LogP contribution in [0.25, 0.3) is 0 Å². The van der Waals surface area contributed by atoms with Gasteiger partial charge in [0.2, 0.25) is 5.75 Å². The van der Waals surface area contributed by atoms with Crippen molar-refractivity contribution in [2.75, 3.05) is 30.9 Å². The van der Waals surface area contributed by atoms with Crippen LogP contribution in [0, 0.1) is 17.0 Å². The molecule has 0 saturated carbocycles. The van der Waals surface area contributed by atoms with Crippen LogP contribution >= 0.6 is 0 Å². The van der Waals surface area contributed by atoms with Crippen LogP contribution in [0.4, 0.5) is 17.3 Å². The topological polar surface area (TPSA) is 97.6 Å². The van der Waals surface area contributed by atoms with Crippen LogP contribution in [-0.2, 0) is 4.79 Å². The van der Waals surface area contributed by atoms with Gasteiger partial charge in [-0.3, -0.25) is 10.1 Å². The molecular weight excluding hydrogens is 264 g/mol. The van der Waals surface area contributed by atoms with Crippen molar-refractivity contribution in [2.45, 2.75) is 0 Å². The van der Waals surface area contributed by atoms with Crippen molar-refractivity contribution in [3.8, 4) is 5.75 Å². The van der Waals surface area contributed by atoms with E-state index in [4.69, 9.17) is 4.74 Å². The Bertz CT molecular complexity index is 545. The molecule has 1 amide bonds. The number of ether oxygens (including phenoxy) is 1. The summed E-state index contributed by atoms with van der Waals surface area (Å²) in [6.07, 6.45) is 1.05. The lowest BCUT2D eigenvalue weighted by molar-refractivity contribution is -0.390. The van der Waals surface area contributed by atoms with Gasteiger partial charge in [0.15, 0.2) is 0 Å². The van der Waals surface area contributed by atoms with E-state index in [0.29, 0.717) is 12.2 Å². The van der Waals surface area contributed by atoms with Gasteiger partial charge in [-0.05, 0) is 22.9 Å². The summed E-state index contributed by atoms with van der Waals surface area (Å²) in [4.78, 5) is 27.1. The number of nitrogens with zero attached hydrogens (tertiary/aromatic N) is 3. The highest BCUT2D eigenvalue weighted by molar-refractivity contribution is 6.00. The first-order chi connectivity index (χ1) is 9.44. The lowest BCUT2D eigenvalue weighted by atomic mass is 10.3. The third-order valence-corrected chi connectivity index (χ3v) is 2.52. The number of hydrogen-bond donors (Lipinski definition) is 1. The second kappa shape index (κ2) is 6.50. The molecule has 8 heteroatoms. The molecule has 107 valence electrons. The van der Waals surface area contributed by atoms with Gasteiger partial charge < -0.3 is 19.8 Å². The van der Waals surface area contributed by atoms with Crippen molar-refractivity contribution in [1.82, 2.24) is 4.98 Å². The number of aromatic nitrogens is 1. The second-order valence-electron chi connectivity index (χ2n) is 3.75. The Morgan fingerprint density at radius 3 is 2.80 bits per heavy atom. The Labute approximate surface area is 116 Å². The molecule has 1 radical (unpaired) electrons. The van der Waals surface area contributed by atoms with Crippen molar-refractivity contribution in [3.63, 3.8) is 0 Å². The molecule has 0 fully saturated rings. The average Bonchev–Trinajstić information content (AvgIpc) is 2.45. The number of hydrogen-bond acceptors (Lipinski definition) is 6. The summed E-state index contributed by atoms with van der Waals surface area (Å²) in [5, 5.41) is 13.4. The fraction of sp³-hybridized carbons (Fsp3) is 0.250. The Kier molecular flexibility index (Phi) is 5.01. The maximum absolute atomic E-state index is 11.4. The summed E-state index contributed by atoms with van der Waals surface area (Å²) < 4.78 is 4.94. The highest BCUT2D eigenvalue weighted by Gasteiger charge is 2.25. The molecule has 0 atom stereocenters. The predicted octanol–water partition coefficient (Wildman–Crippen LogP) is 1.39. The molecule has 0 aliphatic rings. The molecule has 1 heterocycles. The van der Waals surface area contributed by atoms with Crippen LogP contribution in [-0.4, -0.2) is 36.5 Å². The number of nitro groups is 1. The summed E-state index contributed by atoms with van der Waals surface area (Å²) in [6, 6.07) is 1.43. The Hall–Kier alpha value is -2.64. The molecule has 0 aliphatic carbocycles. The predicted molar refractivity (Wildman–Crippen MR) is 74.9 cm³/mol. The number of anilines is 2. The number of nitrogens with one attached hydrogen (secondary N) is 1. The van der Waals surface area contributed by atoms with Gasteiger partial charge >= 0.3 is 5.82 Å². The minimum absolute atomic E-state index is 0.00176. The van der Waals surface area contributed by atoms with E-state index in [9.17, 15) is 14.9 Å². The first-order valence-corrected chi connectivity index (χ1v) is 5.61. The van der Waals surface area contributed by atoms with Crippen molar-refractivity contribution < 1.29 is 14.5 Å². The first-order valence-electron chi connectivity index (χ1n) is 5.61. The molecule has 0 unspecified atom stereocenters. The molecule has 1 rings (SSSR count). The van der Waals surface area contributed by atoms with E-state index in [0.717, 1.165) is 6.08 Å². The minimum Gasteiger partial charge on any atom is -0.489 e. The van der Waals surface area contributed by atoms with Crippen LogP contribution in [0.1, 0.15) is 0 Å². The smallest absolute Gasteiger partial charge is 0.408 e. The van der Waals surface area contributed by atoms with Gasteiger partial charge in [0.05, 0.1) is 7.11 Å². The van der Waals surface area contributed by atoms with E-state index in [1.807, 2.05) is 0 Å². The molecule has 0 spiro atoms. The Balaban J connectivity index is 3.42. The highest BCUT2D eigenvalue weighted by Crippen LogP contribution is 2.34. The van der Waals surface area contributed by atoms with Gasteiger partial charge in [0.1, 0.15) is 5.69 Å². The number of amides is 1. The monoisotopic (exact) mass is 279 g/mol. The maximum Gasteiger partial charge on any atom is 0.408 e. The Morgan fingerprint density at radius 1 is 1.70 bits per heavy atom. The number of rotatable bonds is 6. The van der Waals surface area contributed by atoms with Gasteiger partial charge in [0, 0.05) is 19.7 Å². The normalized spacial score (nSPS) is 9.75. The quantitative estimate of drug-likeness (QED) is 0.480. The largest absolute Gasteiger partial charge is 0.489 e. The standard InChI is InChI=1S/C12H15N4O4/c1-5-10(17)13-11-8(15(3)6-2)7-9(20-4)12(14-11)16(18)19/h5,7H,1-2,6H2,3-4H3,(H,13,14,17). The van der Waals surface area contributed by atoms with E-state index in [1.165, 1.54) is 13.2 Å². The Morgan fingerprint density at radius 2 is 2.35 bits per heavy atom. The fourth-order valence-electron chi connectivity index (χ4n) is 1.43. The van der Waals surface area contributed by atoms with Crippen molar-refractivity contribution in [2.24, 2.45) is 0 Å². The molecule has 0 bridgehead atoms. The molecule has 8 nitrogen and oxygen atoms in total. The van der Waals surface area contributed by atoms with Crippen LogP contribution < -0.4 is 15.0 Å². The summed E-state index contributed by atoms with van der Waals surface area (Å²) in [6.45, 7) is 7.40. The van der Waals surface area contributed by atoms with Gasteiger partial charge in [-0.1, -0.05) is 6.58 Å². The van der Waals surface area contributed by atoms with Crippen LogP contribution in [0.15, 0.2) is 18.7 Å². The second-order valence-corrected chi connectivity index (χ2v) is 3.75.